The van der Waals surface area contributed by atoms with E-state index in [1.54, 1.807) is 50.6 Å². The van der Waals surface area contributed by atoms with Gasteiger partial charge in [-0.15, -0.1) is 0 Å². The Bertz CT molecular complexity index is 1290. The first-order valence-electron chi connectivity index (χ1n) is 9.69. The summed E-state index contributed by atoms with van der Waals surface area (Å²) in [7, 11) is 3.39. The fourth-order valence-electron chi connectivity index (χ4n) is 3.23. The van der Waals surface area contributed by atoms with Crippen molar-refractivity contribution in [3.05, 3.63) is 100 Å². The maximum absolute atomic E-state index is 13.4. The SMILES string of the molecule is CN(C)C(=O)c1ccc(COc2coc(Cn3cc4ccc(F)cc4c3)cc2=O)cc1. The van der Waals surface area contributed by atoms with Crippen LogP contribution in [0, 0.1) is 5.82 Å². The fraction of sp³-hybridized carbons (Fsp3) is 0.167. The van der Waals surface area contributed by atoms with Crippen molar-refractivity contribution in [3.8, 4) is 5.75 Å². The van der Waals surface area contributed by atoms with Gasteiger partial charge in [0, 0.05) is 43.5 Å². The van der Waals surface area contributed by atoms with Gasteiger partial charge in [0.2, 0.25) is 11.2 Å². The number of rotatable bonds is 6. The highest BCUT2D eigenvalue weighted by atomic mass is 19.1. The van der Waals surface area contributed by atoms with Gasteiger partial charge in [-0.2, -0.15) is 0 Å². The molecule has 0 atom stereocenters. The second-order valence-electron chi connectivity index (χ2n) is 7.46. The molecule has 4 rings (SSSR count). The molecule has 0 aliphatic heterocycles. The van der Waals surface area contributed by atoms with Crippen LogP contribution in [0.25, 0.3) is 10.8 Å². The van der Waals surface area contributed by atoms with E-state index in [1.165, 1.54) is 29.4 Å². The van der Waals surface area contributed by atoms with Gasteiger partial charge in [-0.25, -0.2) is 4.39 Å². The second-order valence-corrected chi connectivity index (χ2v) is 7.46. The average molecular weight is 420 g/mol. The van der Waals surface area contributed by atoms with Crippen molar-refractivity contribution in [3.63, 3.8) is 0 Å². The summed E-state index contributed by atoms with van der Waals surface area (Å²) in [4.78, 5) is 25.8. The predicted molar refractivity (Wildman–Crippen MR) is 115 cm³/mol. The zero-order valence-corrected chi connectivity index (χ0v) is 17.2. The maximum atomic E-state index is 13.4. The van der Waals surface area contributed by atoms with E-state index in [0.717, 1.165) is 16.3 Å². The van der Waals surface area contributed by atoms with E-state index in [4.69, 9.17) is 9.15 Å². The van der Waals surface area contributed by atoms with Crippen LogP contribution in [0.5, 0.6) is 5.75 Å². The van der Waals surface area contributed by atoms with Crippen molar-refractivity contribution >= 4 is 16.7 Å². The Morgan fingerprint density at radius 3 is 2.52 bits per heavy atom. The molecule has 2 aromatic carbocycles. The van der Waals surface area contributed by atoms with Gasteiger partial charge in [-0.05, 0) is 41.3 Å². The summed E-state index contributed by atoms with van der Waals surface area (Å²) in [5.41, 5.74) is 1.12. The Morgan fingerprint density at radius 1 is 1.06 bits per heavy atom. The van der Waals surface area contributed by atoms with Gasteiger partial charge in [-0.1, -0.05) is 12.1 Å². The number of benzene rings is 2. The zero-order chi connectivity index (χ0) is 22.0. The highest BCUT2D eigenvalue weighted by molar-refractivity contribution is 5.93. The van der Waals surface area contributed by atoms with Gasteiger partial charge in [0.25, 0.3) is 5.91 Å². The molecule has 0 aliphatic carbocycles. The number of nitrogens with zero attached hydrogens (tertiary/aromatic N) is 2. The lowest BCUT2D eigenvalue weighted by Crippen LogP contribution is -2.21. The molecule has 2 aromatic heterocycles. The van der Waals surface area contributed by atoms with E-state index in [1.807, 2.05) is 10.8 Å². The Labute approximate surface area is 178 Å². The Hall–Kier alpha value is -3.87. The number of fused-ring (bicyclic) bond motifs is 1. The van der Waals surface area contributed by atoms with E-state index in [9.17, 15) is 14.0 Å². The van der Waals surface area contributed by atoms with Crippen molar-refractivity contribution in [1.82, 2.24) is 9.47 Å². The van der Waals surface area contributed by atoms with E-state index >= 15 is 0 Å². The lowest BCUT2D eigenvalue weighted by Gasteiger charge is -2.11. The minimum absolute atomic E-state index is 0.0792. The Balaban J connectivity index is 1.41. The zero-order valence-electron chi connectivity index (χ0n) is 17.2. The molecule has 158 valence electrons. The highest BCUT2D eigenvalue weighted by Crippen LogP contribution is 2.18. The number of hydrogen-bond acceptors (Lipinski definition) is 4. The van der Waals surface area contributed by atoms with Gasteiger partial charge in [-0.3, -0.25) is 9.59 Å². The number of carbonyl (C=O) groups excluding carboxylic acids is 1. The summed E-state index contributed by atoms with van der Waals surface area (Å²) in [6.45, 7) is 0.516. The van der Waals surface area contributed by atoms with Crippen LogP contribution in [0.2, 0.25) is 0 Å². The molecule has 0 saturated carbocycles. The van der Waals surface area contributed by atoms with Crippen LogP contribution in [-0.2, 0) is 13.2 Å². The minimum atomic E-state index is -0.294. The van der Waals surface area contributed by atoms with Crippen molar-refractivity contribution < 1.29 is 18.3 Å². The van der Waals surface area contributed by atoms with Crippen molar-refractivity contribution in [2.75, 3.05) is 14.1 Å². The molecule has 0 N–H and O–H groups in total. The molecule has 31 heavy (non-hydrogen) atoms. The van der Waals surface area contributed by atoms with Crippen LogP contribution in [-0.4, -0.2) is 29.5 Å². The molecule has 2 heterocycles. The standard InChI is InChI=1S/C24H21FN2O4/c1-26(2)24(29)17-5-3-16(4-6-17)14-31-23-15-30-21(10-22(23)28)13-27-11-18-7-8-20(25)9-19(18)12-27/h3-12,15H,13-14H2,1-2H3. The Morgan fingerprint density at radius 2 is 1.81 bits per heavy atom. The number of hydrogen-bond donors (Lipinski definition) is 0. The summed E-state index contributed by atoms with van der Waals surface area (Å²) in [5.74, 6) is 0.197. The molecule has 7 heteroatoms. The summed E-state index contributed by atoms with van der Waals surface area (Å²) < 4.78 is 26.3. The molecule has 4 aromatic rings. The predicted octanol–water partition coefficient (Wildman–Crippen LogP) is 4.06. The number of aromatic nitrogens is 1. The van der Waals surface area contributed by atoms with Gasteiger partial charge >= 0.3 is 0 Å². The van der Waals surface area contributed by atoms with Crippen molar-refractivity contribution in [1.29, 1.82) is 0 Å². The van der Waals surface area contributed by atoms with Crippen molar-refractivity contribution in [2.24, 2.45) is 0 Å². The largest absolute Gasteiger partial charge is 0.482 e. The Kier molecular flexibility index (Phi) is 5.58. The summed E-state index contributed by atoms with van der Waals surface area (Å²) in [5, 5.41) is 1.68. The van der Waals surface area contributed by atoms with E-state index < -0.39 is 0 Å². The van der Waals surface area contributed by atoms with E-state index in [0.29, 0.717) is 17.9 Å². The van der Waals surface area contributed by atoms with E-state index in [-0.39, 0.29) is 29.5 Å². The maximum Gasteiger partial charge on any atom is 0.253 e. The third kappa shape index (κ3) is 4.66. The lowest BCUT2D eigenvalue weighted by atomic mass is 10.1. The highest BCUT2D eigenvalue weighted by Gasteiger charge is 2.09. The molecule has 0 saturated heterocycles. The summed E-state index contributed by atoms with van der Waals surface area (Å²) >= 11 is 0. The molecule has 0 fully saturated rings. The van der Waals surface area contributed by atoms with Crippen LogP contribution in [0.1, 0.15) is 21.7 Å². The molecular weight excluding hydrogens is 399 g/mol. The van der Waals surface area contributed by atoms with Gasteiger partial charge in [0.05, 0.1) is 6.54 Å². The molecule has 1 amide bonds. The molecule has 0 aliphatic rings. The summed E-state index contributed by atoms with van der Waals surface area (Å²) in [6.07, 6.45) is 4.96. The topological polar surface area (TPSA) is 64.7 Å². The third-order valence-corrected chi connectivity index (χ3v) is 4.85. The first-order chi connectivity index (χ1) is 14.9. The van der Waals surface area contributed by atoms with Gasteiger partial charge < -0.3 is 18.6 Å². The molecule has 0 unspecified atom stereocenters. The normalized spacial score (nSPS) is 10.9. The second kappa shape index (κ2) is 8.47. The molecule has 0 spiro atoms. The average Bonchev–Trinajstić information content (AvgIpc) is 3.14. The van der Waals surface area contributed by atoms with Crippen LogP contribution in [0.15, 0.2) is 76.4 Å². The quantitative estimate of drug-likeness (QED) is 0.472. The number of ether oxygens (including phenoxy) is 1. The van der Waals surface area contributed by atoms with Gasteiger partial charge in [0.15, 0.2) is 0 Å². The minimum Gasteiger partial charge on any atom is -0.482 e. The number of halogens is 1. The number of amides is 1. The fourth-order valence-corrected chi connectivity index (χ4v) is 3.23. The van der Waals surface area contributed by atoms with Gasteiger partial charge in [0.1, 0.15) is 24.4 Å². The third-order valence-electron chi connectivity index (χ3n) is 4.85. The van der Waals surface area contributed by atoms with E-state index in [2.05, 4.69) is 0 Å². The lowest BCUT2D eigenvalue weighted by molar-refractivity contribution is 0.0827. The molecule has 0 radical (unpaired) electrons. The van der Waals surface area contributed by atoms with Crippen LogP contribution in [0.4, 0.5) is 4.39 Å². The first-order valence-corrected chi connectivity index (χ1v) is 9.69. The van der Waals surface area contributed by atoms with Crippen LogP contribution < -0.4 is 10.2 Å². The number of carbonyl (C=O) groups is 1. The van der Waals surface area contributed by atoms with Crippen molar-refractivity contribution in [2.45, 2.75) is 13.2 Å². The molecule has 6 nitrogen and oxygen atoms in total. The smallest absolute Gasteiger partial charge is 0.253 e. The van der Waals surface area contributed by atoms with Crippen LogP contribution >= 0.6 is 0 Å². The molecule has 0 bridgehead atoms. The monoisotopic (exact) mass is 420 g/mol. The molecular formula is C24H21FN2O4. The van der Waals surface area contributed by atoms with Crippen LogP contribution in [0.3, 0.4) is 0 Å². The first kappa shape index (κ1) is 20.4. The summed E-state index contributed by atoms with van der Waals surface area (Å²) in [6, 6.07) is 13.0.